The van der Waals surface area contributed by atoms with E-state index < -0.39 is 0 Å². The lowest BCUT2D eigenvalue weighted by Crippen LogP contribution is -2.30. The number of anilines is 1. The fourth-order valence-corrected chi connectivity index (χ4v) is 1.72. The van der Waals surface area contributed by atoms with Crippen molar-refractivity contribution in [3.05, 3.63) is 29.6 Å². The molecule has 0 bridgehead atoms. The van der Waals surface area contributed by atoms with Crippen LogP contribution in [0.1, 0.15) is 25.8 Å². The van der Waals surface area contributed by atoms with Gasteiger partial charge in [-0.25, -0.2) is 4.39 Å². The third-order valence-electron chi connectivity index (χ3n) is 2.37. The second-order valence-electron chi connectivity index (χ2n) is 4.23. The number of benzene rings is 1. The van der Waals surface area contributed by atoms with E-state index >= 15 is 0 Å². The highest BCUT2D eigenvalue weighted by Crippen LogP contribution is 2.13. The maximum atomic E-state index is 13.1. The van der Waals surface area contributed by atoms with Gasteiger partial charge in [-0.2, -0.15) is 0 Å². The monoisotopic (exact) mass is 238 g/mol. The molecule has 0 saturated carbocycles. The van der Waals surface area contributed by atoms with Crippen LogP contribution in [0.25, 0.3) is 0 Å². The van der Waals surface area contributed by atoms with Crippen molar-refractivity contribution in [3.63, 3.8) is 0 Å². The maximum Gasteiger partial charge on any atom is 0.225 e. The summed E-state index contributed by atoms with van der Waals surface area (Å²) in [5, 5.41) is 5.84. The van der Waals surface area contributed by atoms with Crippen molar-refractivity contribution in [1.82, 2.24) is 5.32 Å². The van der Waals surface area contributed by atoms with E-state index in [4.69, 9.17) is 0 Å². The molecule has 1 rings (SSSR count). The van der Waals surface area contributed by atoms with Crippen LogP contribution in [0.2, 0.25) is 0 Å². The second-order valence-corrected chi connectivity index (χ2v) is 4.23. The smallest absolute Gasteiger partial charge is 0.225 e. The average Bonchev–Trinajstić information content (AvgIpc) is 2.14. The Kier molecular flexibility index (Phi) is 5.10. The number of amides is 1. The number of hydrogen-bond acceptors (Lipinski definition) is 2. The van der Waals surface area contributed by atoms with Crippen molar-refractivity contribution in [1.29, 1.82) is 0 Å². The van der Waals surface area contributed by atoms with Gasteiger partial charge in [-0.1, -0.05) is 6.92 Å². The van der Waals surface area contributed by atoms with Crippen LogP contribution in [0, 0.1) is 12.7 Å². The minimum absolute atomic E-state index is 0.108. The first kappa shape index (κ1) is 13.6. The predicted octanol–water partition coefficient (Wildman–Crippen LogP) is 2.46. The van der Waals surface area contributed by atoms with Crippen molar-refractivity contribution < 1.29 is 9.18 Å². The zero-order valence-electron chi connectivity index (χ0n) is 10.5. The molecule has 0 saturated heterocycles. The molecule has 1 atom stereocenters. The molecule has 1 aromatic carbocycles. The number of aryl methyl sites for hydroxylation is 1. The van der Waals surface area contributed by atoms with E-state index in [9.17, 15) is 9.18 Å². The maximum absolute atomic E-state index is 13.1. The molecule has 0 aliphatic carbocycles. The molecule has 17 heavy (non-hydrogen) atoms. The molecule has 94 valence electrons. The molecule has 1 unspecified atom stereocenters. The van der Waals surface area contributed by atoms with Crippen molar-refractivity contribution in [2.75, 3.05) is 11.9 Å². The molecule has 0 heterocycles. The first-order valence-electron chi connectivity index (χ1n) is 5.81. The highest BCUT2D eigenvalue weighted by molar-refractivity contribution is 5.91. The predicted molar refractivity (Wildman–Crippen MR) is 67.5 cm³/mol. The average molecular weight is 238 g/mol. The third-order valence-corrected chi connectivity index (χ3v) is 2.37. The highest BCUT2D eigenvalue weighted by Gasteiger charge is 2.08. The van der Waals surface area contributed by atoms with E-state index in [0.717, 1.165) is 12.1 Å². The Bertz CT molecular complexity index is 373. The molecule has 4 heteroatoms. The Balaban J connectivity index is 2.56. The van der Waals surface area contributed by atoms with E-state index in [0.29, 0.717) is 12.1 Å². The Morgan fingerprint density at radius 2 is 2.12 bits per heavy atom. The molecule has 2 N–H and O–H groups in total. The van der Waals surface area contributed by atoms with Gasteiger partial charge in [0.1, 0.15) is 5.82 Å². The lowest BCUT2D eigenvalue weighted by Gasteiger charge is -2.12. The first-order valence-corrected chi connectivity index (χ1v) is 5.81. The molecular weight excluding hydrogens is 219 g/mol. The SMILES string of the molecule is CCNC(C)CC(=O)Nc1cc(C)cc(F)c1. The number of halogens is 1. The summed E-state index contributed by atoms with van der Waals surface area (Å²) < 4.78 is 13.1. The molecule has 1 amide bonds. The summed E-state index contributed by atoms with van der Waals surface area (Å²) in [6, 6.07) is 4.62. The zero-order valence-corrected chi connectivity index (χ0v) is 10.5. The molecule has 0 spiro atoms. The largest absolute Gasteiger partial charge is 0.326 e. The van der Waals surface area contributed by atoms with E-state index in [1.165, 1.54) is 12.1 Å². The quantitative estimate of drug-likeness (QED) is 0.827. The standard InChI is InChI=1S/C13H19FN2O/c1-4-15-10(3)7-13(17)16-12-6-9(2)5-11(14)8-12/h5-6,8,10,15H,4,7H2,1-3H3,(H,16,17). The first-order chi connectivity index (χ1) is 8.01. The van der Waals surface area contributed by atoms with Crippen LogP contribution in [-0.2, 0) is 4.79 Å². The van der Waals surface area contributed by atoms with Gasteiger partial charge in [-0.3, -0.25) is 4.79 Å². The fraction of sp³-hybridized carbons (Fsp3) is 0.462. The Morgan fingerprint density at radius 1 is 1.41 bits per heavy atom. The van der Waals surface area contributed by atoms with Crippen LogP contribution in [0.15, 0.2) is 18.2 Å². The lowest BCUT2D eigenvalue weighted by molar-refractivity contribution is -0.116. The summed E-state index contributed by atoms with van der Waals surface area (Å²) in [5.41, 5.74) is 1.30. The molecule has 3 nitrogen and oxygen atoms in total. The van der Waals surface area contributed by atoms with Crippen LogP contribution in [0.3, 0.4) is 0 Å². The number of hydrogen-bond donors (Lipinski definition) is 2. The van der Waals surface area contributed by atoms with Gasteiger partial charge < -0.3 is 10.6 Å². The van der Waals surface area contributed by atoms with Gasteiger partial charge >= 0.3 is 0 Å². The van der Waals surface area contributed by atoms with Gasteiger partial charge in [0.15, 0.2) is 0 Å². The zero-order chi connectivity index (χ0) is 12.8. The van der Waals surface area contributed by atoms with Crippen molar-refractivity contribution in [2.45, 2.75) is 33.2 Å². The fourth-order valence-electron chi connectivity index (χ4n) is 1.72. The van der Waals surface area contributed by atoms with Gasteiger partial charge in [0.2, 0.25) is 5.91 Å². The van der Waals surface area contributed by atoms with Crippen LogP contribution >= 0.6 is 0 Å². The molecule has 0 aliphatic rings. The minimum atomic E-state index is -0.333. The minimum Gasteiger partial charge on any atom is -0.326 e. The second kappa shape index (κ2) is 6.35. The summed E-state index contributed by atoms with van der Waals surface area (Å²) >= 11 is 0. The summed E-state index contributed by atoms with van der Waals surface area (Å²) in [6.45, 7) is 6.55. The lowest BCUT2D eigenvalue weighted by atomic mass is 10.2. The molecular formula is C13H19FN2O. The highest BCUT2D eigenvalue weighted by atomic mass is 19.1. The van der Waals surface area contributed by atoms with E-state index in [-0.39, 0.29) is 17.8 Å². The topological polar surface area (TPSA) is 41.1 Å². The summed E-state index contributed by atoms with van der Waals surface area (Å²) in [7, 11) is 0. The van der Waals surface area contributed by atoms with Crippen molar-refractivity contribution in [2.24, 2.45) is 0 Å². The van der Waals surface area contributed by atoms with Gasteiger partial charge in [0.05, 0.1) is 0 Å². The van der Waals surface area contributed by atoms with Crippen LogP contribution in [-0.4, -0.2) is 18.5 Å². The molecule has 0 aromatic heterocycles. The Morgan fingerprint density at radius 3 is 2.71 bits per heavy atom. The Labute approximate surface area is 101 Å². The summed E-state index contributed by atoms with van der Waals surface area (Å²) in [4.78, 5) is 11.6. The number of nitrogens with one attached hydrogen (secondary N) is 2. The number of carbonyl (C=O) groups is 1. The molecule has 0 fully saturated rings. The normalized spacial score (nSPS) is 12.2. The van der Waals surface area contributed by atoms with Crippen molar-refractivity contribution >= 4 is 11.6 Å². The summed E-state index contributed by atoms with van der Waals surface area (Å²) in [5.74, 6) is -0.441. The van der Waals surface area contributed by atoms with Gasteiger partial charge in [-0.05, 0) is 44.2 Å². The van der Waals surface area contributed by atoms with E-state index in [1.54, 1.807) is 13.0 Å². The summed E-state index contributed by atoms with van der Waals surface area (Å²) in [6.07, 6.45) is 0.378. The Hall–Kier alpha value is -1.42. The third kappa shape index (κ3) is 4.95. The van der Waals surface area contributed by atoms with Crippen molar-refractivity contribution in [3.8, 4) is 0 Å². The molecule has 1 aromatic rings. The van der Waals surface area contributed by atoms with Crippen LogP contribution in [0.4, 0.5) is 10.1 Å². The van der Waals surface area contributed by atoms with Gasteiger partial charge in [0.25, 0.3) is 0 Å². The van der Waals surface area contributed by atoms with Crippen LogP contribution in [0.5, 0.6) is 0 Å². The molecule has 0 radical (unpaired) electrons. The number of rotatable bonds is 5. The molecule has 0 aliphatic heterocycles. The van der Waals surface area contributed by atoms with E-state index in [2.05, 4.69) is 10.6 Å². The van der Waals surface area contributed by atoms with E-state index in [1.807, 2.05) is 13.8 Å². The number of carbonyl (C=O) groups excluding carboxylic acids is 1. The van der Waals surface area contributed by atoms with Gasteiger partial charge in [-0.15, -0.1) is 0 Å². The van der Waals surface area contributed by atoms with Gasteiger partial charge in [0, 0.05) is 18.2 Å². The van der Waals surface area contributed by atoms with Crippen LogP contribution < -0.4 is 10.6 Å².